The number of nitrogens with one attached hydrogen (secondary N) is 1. The van der Waals surface area contributed by atoms with E-state index in [9.17, 15) is 9.59 Å². The quantitative estimate of drug-likeness (QED) is 0.771. The third-order valence-corrected chi connectivity index (χ3v) is 4.45. The molecule has 2 amide bonds. The van der Waals surface area contributed by atoms with Gasteiger partial charge in [0.15, 0.2) is 0 Å². The highest BCUT2D eigenvalue weighted by molar-refractivity contribution is 5.88. The summed E-state index contributed by atoms with van der Waals surface area (Å²) in [7, 11) is 0. The minimum Gasteiger partial charge on any atom is -0.352 e. The molecule has 0 aliphatic carbocycles. The minimum absolute atomic E-state index is 0.0338. The first-order valence-electron chi connectivity index (χ1n) is 9.60. The maximum Gasteiger partial charge on any atom is 0.243 e. The van der Waals surface area contributed by atoms with Gasteiger partial charge in [-0.2, -0.15) is 0 Å². The number of nitrogens with zero attached hydrogens (tertiary/aromatic N) is 1. The van der Waals surface area contributed by atoms with E-state index in [0.29, 0.717) is 13.0 Å². The SMILES string of the molecule is CC[C@H](C(=O)NC(C)C)N(Cc1cccc(C)c1)C(=O)Cc1ccccc1. The number of carbonyl (C=O) groups excluding carboxylic acids is 2. The maximum atomic E-state index is 13.1. The Morgan fingerprint density at radius 2 is 1.67 bits per heavy atom. The summed E-state index contributed by atoms with van der Waals surface area (Å²) in [5.74, 6) is -0.130. The molecule has 144 valence electrons. The third-order valence-electron chi connectivity index (χ3n) is 4.45. The Morgan fingerprint density at radius 1 is 1.00 bits per heavy atom. The second-order valence-corrected chi connectivity index (χ2v) is 7.26. The highest BCUT2D eigenvalue weighted by Gasteiger charge is 2.28. The van der Waals surface area contributed by atoms with Crippen molar-refractivity contribution in [3.63, 3.8) is 0 Å². The zero-order valence-electron chi connectivity index (χ0n) is 16.7. The molecule has 0 spiro atoms. The summed E-state index contributed by atoms with van der Waals surface area (Å²) in [6, 6.07) is 17.3. The molecule has 27 heavy (non-hydrogen) atoms. The number of hydrogen-bond acceptors (Lipinski definition) is 2. The maximum absolute atomic E-state index is 13.1. The van der Waals surface area contributed by atoms with Crippen LogP contribution in [0.25, 0.3) is 0 Å². The van der Waals surface area contributed by atoms with Crippen LogP contribution in [0.15, 0.2) is 54.6 Å². The fraction of sp³-hybridized carbons (Fsp3) is 0.391. The molecule has 0 heterocycles. The normalized spacial score (nSPS) is 11.9. The van der Waals surface area contributed by atoms with Gasteiger partial charge in [0.05, 0.1) is 6.42 Å². The van der Waals surface area contributed by atoms with Gasteiger partial charge in [-0.05, 0) is 38.3 Å². The molecule has 4 heteroatoms. The third kappa shape index (κ3) is 6.24. The number of amides is 2. The molecule has 1 N–H and O–H groups in total. The van der Waals surface area contributed by atoms with E-state index in [0.717, 1.165) is 16.7 Å². The van der Waals surface area contributed by atoms with Crippen LogP contribution in [0.1, 0.15) is 43.9 Å². The Balaban J connectivity index is 2.28. The lowest BCUT2D eigenvalue weighted by atomic mass is 10.1. The topological polar surface area (TPSA) is 49.4 Å². The van der Waals surface area contributed by atoms with Crippen LogP contribution in [0.5, 0.6) is 0 Å². The molecular formula is C23H30N2O2. The number of rotatable bonds is 8. The summed E-state index contributed by atoms with van der Waals surface area (Å²) < 4.78 is 0. The van der Waals surface area contributed by atoms with Gasteiger partial charge < -0.3 is 10.2 Å². The van der Waals surface area contributed by atoms with Crippen LogP contribution in [-0.2, 0) is 22.6 Å². The first-order valence-corrected chi connectivity index (χ1v) is 9.60. The van der Waals surface area contributed by atoms with E-state index in [-0.39, 0.29) is 24.3 Å². The van der Waals surface area contributed by atoms with Crippen LogP contribution in [0.2, 0.25) is 0 Å². The zero-order chi connectivity index (χ0) is 19.8. The van der Waals surface area contributed by atoms with E-state index < -0.39 is 6.04 Å². The second kappa shape index (κ2) is 9.91. The van der Waals surface area contributed by atoms with E-state index in [4.69, 9.17) is 0 Å². The predicted molar refractivity (Wildman–Crippen MR) is 109 cm³/mol. The monoisotopic (exact) mass is 366 g/mol. The molecular weight excluding hydrogens is 336 g/mol. The average Bonchev–Trinajstić information content (AvgIpc) is 2.61. The van der Waals surface area contributed by atoms with Crippen molar-refractivity contribution in [2.45, 2.75) is 59.2 Å². The fourth-order valence-electron chi connectivity index (χ4n) is 3.18. The number of aryl methyl sites for hydroxylation is 1. The lowest BCUT2D eigenvalue weighted by molar-refractivity contribution is -0.141. The van der Waals surface area contributed by atoms with Crippen LogP contribution in [0, 0.1) is 6.92 Å². The summed E-state index contributed by atoms with van der Waals surface area (Å²) in [6.07, 6.45) is 0.864. The summed E-state index contributed by atoms with van der Waals surface area (Å²) in [4.78, 5) is 27.6. The molecule has 0 radical (unpaired) electrons. The van der Waals surface area contributed by atoms with Gasteiger partial charge in [-0.15, -0.1) is 0 Å². The van der Waals surface area contributed by atoms with E-state index in [1.165, 1.54) is 0 Å². The van der Waals surface area contributed by atoms with Crippen molar-refractivity contribution in [2.24, 2.45) is 0 Å². The average molecular weight is 367 g/mol. The Bertz CT molecular complexity index is 756. The van der Waals surface area contributed by atoms with E-state index >= 15 is 0 Å². The molecule has 2 rings (SSSR count). The predicted octanol–water partition coefficient (Wildman–Crippen LogP) is 3.87. The van der Waals surface area contributed by atoms with Crippen LogP contribution in [0.3, 0.4) is 0 Å². The Labute approximate surface area is 162 Å². The molecule has 0 aliphatic rings. The van der Waals surface area contributed by atoms with Crippen LogP contribution in [-0.4, -0.2) is 28.8 Å². The number of carbonyl (C=O) groups is 2. The smallest absolute Gasteiger partial charge is 0.243 e. The fourth-order valence-corrected chi connectivity index (χ4v) is 3.18. The Hall–Kier alpha value is -2.62. The lowest BCUT2D eigenvalue weighted by Gasteiger charge is -2.31. The zero-order valence-corrected chi connectivity index (χ0v) is 16.7. The van der Waals surface area contributed by atoms with Crippen LogP contribution < -0.4 is 5.32 Å². The van der Waals surface area contributed by atoms with E-state index in [1.807, 2.05) is 76.2 Å². The molecule has 0 bridgehead atoms. The molecule has 2 aromatic carbocycles. The molecule has 2 aromatic rings. The minimum atomic E-state index is -0.482. The highest BCUT2D eigenvalue weighted by atomic mass is 16.2. The summed E-state index contributed by atoms with van der Waals surface area (Å²) in [6.45, 7) is 8.27. The molecule has 0 saturated carbocycles. The van der Waals surface area contributed by atoms with Gasteiger partial charge in [-0.1, -0.05) is 67.1 Å². The van der Waals surface area contributed by atoms with Gasteiger partial charge in [0.1, 0.15) is 6.04 Å². The Morgan fingerprint density at radius 3 is 2.26 bits per heavy atom. The van der Waals surface area contributed by atoms with Gasteiger partial charge in [-0.3, -0.25) is 9.59 Å². The highest BCUT2D eigenvalue weighted by Crippen LogP contribution is 2.15. The van der Waals surface area contributed by atoms with Gasteiger partial charge in [0, 0.05) is 12.6 Å². The number of benzene rings is 2. The Kier molecular flexibility index (Phi) is 7.59. The molecule has 4 nitrogen and oxygen atoms in total. The summed E-state index contributed by atoms with van der Waals surface area (Å²) >= 11 is 0. The van der Waals surface area contributed by atoms with Crippen LogP contribution >= 0.6 is 0 Å². The lowest BCUT2D eigenvalue weighted by Crippen LogP contribution is -2.50. The van der Waals surface area contributed by atoms with Crippen molar-refractivity contribution in [2.75, 3.05) is 0 Å². The van der Waals surface area contributed by atoms with Crippen molar-refractivity contribution >= 4 is 11.8 Å². The van der Waals surface area contributed by atoms with Crippen molar-refractivity contribution < 1.29 is 9.59 Å². The van der Waals surface area contributed by atoms with E-state index in [2.05, 4.69) is 11.4 Å². The van der Waals surface area contributed by atoms with Gasteiger partial charge in [0.2, 0.25) is 11.8 Å². The number of hydrogen-bond donors (Lipinski definition) is 1. The van der Waals surface area contributed by atoms with E-state index in [1.54, 1.807) is 4.90 Å². The van der Waals surface area contributed by atoms with Crippen molar-refractivity contribution in [3.05, 3.63) is 71.3 Å². The second-order valence-electron chi connectivity index (χ2n) is 7.26. The molecule has 0 saturated heterocycles. The summed E-state index contributed by atoms with van der Waals surface area (Å²) in [5.41, 5.74) is 3.13. The standard InChI is InChI=1S/C23H30N2O2/c1-5-21(23(27)24-17(2)3)25(16-20-13-9-10-18(4)14-20)22(26)15-19-11-7-6-8-12-19/h6-14,17,21H,5,15-16H2,1-4H3,(H,24,27)/t21-/m1/s1. The molecule has 0 unspecified atom stereocenters. The largest absolute Gasteiger partial charge is 0.352 e. The first-order chi connectivity index (χ1) is 12.9. The first kappa shape index (κ1) is 20.7. The van der Waals surface area contributed by atoms with Crippen molar-refractivity contribution in [3.8, 4) is 0 Å². The van der Waals surface area contributed by atoms with Gasteiger partial charge in [0.25, 0.3) is 0 Å². The molecule has 0 aromatic heterocycles. The van der Waals surface area contributed by atoms with Crippen LogP contribution in [0.4, 0.5) is 0 Å². The van der Waals surface area contributed by atoms with Crippen molar-refractivity contribution in [1.82, 2.24) is 10.2 Å². The van der Waals surface area contributed by atoms with Gasteiger partial charge in [-0.25, -0.2) is 0 Å². The van der Waals surface area contributed by atoms with Gasteiger partial charge >= 0.3 is 0 Å². The molecule has 0 fully saturated rings. The molecule has 1 atom stereocenters. The summed E-state index contributed by atoms with van der Waals surface area (Å²) in [5, 5.41) is 2.96. The van der Waals surface area contributed by atoms with Crippen molar-refractivity contribution in [1.29, 1.82) is 0 Å². The molecule has 0 aliphatic heterocycles.